The number of amides is 2. The quantitative estimate of drug-likeness (QED) is 0.612. The molecule has 2 aromatic rings. The number of thiophene rings is 1. The van der Waals surface area contributed by atoms with Crippen LogP contribution in [0.1, 0.15) is 45.8 Å². The number of methoxy groups -OCH3 is 1. The molecule has 7 nitrogen and oxygen atoms in total. The van der Waals surface area contributed by atoms with E-state index >= 15 is 0 Å². The van der Waals surface area contributed by atoms with Crippen molar-refractivity contribution in [1.82, 2.24) is 15.1 Å². The number of nitrogens with zero attached hydrogens (tertiary/aromatic N) is 2. The van der Waals surface area contributed by atoms with Gasteiger partial charge in [-0.1, -0.05) is 0 Å². The van der Waals surface area contributed by atoms with Gasteiger partial charge in [-0.05, 0) is 43.7 Å². The van der Waals surface area contributed by atoms with Gasteiger partial charge in [0.25, 0.3) is 5.91 Å². The van der Waals surface area contributed by atoms with Gasteiger partial charge in [0.05, 0.1) is 5.56 Å². The van der Waals surface area contributed by atoms with Gasteiger partial charge >= 0.3 is 6.18 Å². The molecule has 164 valence electrons. The van der Waals surface area contributed by atoms with E-state index in [1.54, 1.807) is 7.11 Å². The highest BCUT2D eigenvalue weighted by Gasteiger charge is 2.33. The van der Waals surface area contributed by atoms with Crippen LogP contribution in [0.5, 0.6) is 0 Å². The molecule has 0 fully saturated rings. The number of fused-ring (bicyclic) bond motifs is 1. The Morgan fingerprint density at radius 1 is 1.30 bits per heavy atom. The normalized spacial score (nSPS) is 13.7. The minimum Gasteiger partial charge on any atom is -0.385 e. The maximum Gasteiger partial charge on any atom is 0.435 e. The lowest BCUT2D eigenvalue weighted by atomic mass is 9.95. The van der Waals surface area contributed by atoms with Gasteiger partial charge in [0.1, 0.15) is 11.5 Å². The highest BCUT2D eigenvalue weighted by atomic mass is 32.1. The van der Waals surface area contributed by atoms with Gasteiger partial charge in [-0.3, -0.25) is 14.3 Å². The van der Waals surface area contributed by atoms with E-state index in [2.05, 4.69) is 15.7 Å². The third-order valence-corrected chi connectivity index (χ3v) is 5.91. The first kappa shape index (κ1) is 22.3. The molecule has 0 saturated heterocycles. The molecule has 2 aromatic heterocycles. The lowest BCUT2D eigenvalue weighted by Gasteiger charge is -2.13. The molecule has 0 bridgehead atoms. The summed E-state index contributed by atoms with van der Waals surface area (Å²) in [7, 11) is 1.59. The smallest absolute Gasteiger partial charge is 0.385 e. The van der Waals surface area contributed by atoms with Crippen molar-refractivity contribution in [3.63, 3.8) is 0 Å². The monoisotopic (exact) mass is 444 g/mol. The SMILES string of the molecule is COCCCNC(=O)c1c(NC(=O)Cn2ccc(C(F)(F)F)n2)sc2c1CCCC2. The molecule has 0 aliphatic heterocycles. The topological polar surface area (TPSA) is 85.3 Å². The van der Waals surface area contributed by atoms with Crippen LogP contribution in [0.15, 0.2) is 12.3 Å². The molecule has 2 heterocycles. The standard InChI is InChI=1S/C19H23F3N4O3S/c1-29-10-4-8-23-17(28)16-12-5-2-3-6-13(12)30-18(16)24-15(27)11-26-9-7-14(25-26)19(20,21)22/h7,9H,2-6,8,10-11H2,1H3,(H,23,28)(H,24,27). The van der Waals surface area contributed by atoms with Crippen molar-refractivity contribution in [3.8, 4) is 0 Å². The summed E-state index contributed by atoms with van der Waals surface area (Å²) in [6.45, 7) is 0.584. The Morgan fingerprint density at radius 2 is 2.07 bits per heavy atom. The fourth-order valence-corrected chi connectivity index (χ4v) is 4.62. The third kappa shape index (κ3) is 5.39. The first-order chi connectivity index (χ1) is 14.3. The fourth-order valence-electron chi connectivity index (χ4n) is 3.32. The van der Waals surface area contributed by atoms with Gasteiger partial charge in [0.2, 0.25) is 5.91 Å². The minimum absolute atomic E-state index is 0.265. The number of hydrogen-bond donors (Lipinski definition) is 2. The number of ether oxygens (including phenoxy) is 1. The summed E-state index contributed by atoms with van der Waals surface area (Å²) in [6, 6.07) is 0.815. The van der Waals surface area contributed by atoms with E-state index in [1.807, 2.05) is 0 Å². The van der Waals surface area contributed by atoms with Crippen LogP contribution in [-0.2, 0) is 35.1 Å². The van der Waals surface area contributed by atoms with Crippen LogP contribution in [0, 0.1) is 0 Å². The van der Waals surface area contributed by atoms with Gasteiger partial charge in [-0.2, -0.15) is 18.3 Å². The van der Waals surface area contributed by atoms with E-state index in [4.69, 9.17) is 4.74 Å². The number of carbonyl (C=O) groups is 2. The zero-order chi connectivity index (χ0) is 21.7. The summed E-state index contributed by atoms with van der Waals surface area (Å²) in [4.78, 5) is 26.3. The number of alkyl halides is 3. The van der Waals surface area contributed by atoms with Crippen LogP contribution < -0.4 is 10.6 Å². The van der Waals surface area contributed by atoms with E-state index in [1.165, 1.54) is 11.3 Å². The third-order valence-electron chi connectivity index (χ3n) is 4.70. The van der Waals surface area contributed by atoms with Crippen molar-refractivity contribution in [2.75, 3.05) is 25.6 Å². The van der Waals surface area contributed by atoms with Crippen LogP contribution in [0.3, 0.4) is 0 Å². The molecule has 3 rings (SSSR count). The van der Waals surface area contributed by atoms with Crippen LogP contribution in [0.4, 0.5) is 18.2 Å². The largest absolute Gasteiger partial charge is 0.435 e. The number of halogens is 3. The van der Waals surface area contributed by atoms with Crippen LogP contribution >= 0.6 is 11.3 Å². The molecule has 11 heteroatoms. The van der Waals surface area contributed by atoms with Crippen LogP contribution in [0.25, 0.3) is 0 Å². The molecule has 0 saturated carbocycles. The van der Waals surface area contributed by atoms with E-state index in [0.717, 1.165) is 53.1 Å². The Kier molecular flexibility index (Phi) is 7.14. The number of rotatable bonds is 8. The lowest BCUT2D eigenvalue weighted by molar-refractivity contribution is -0.141. The number of hydrogen-bond acceptors (Lipinski definition) is 5. The Bertz CT molecular complexity index is 907. The summed E-state index contributed by atoms with van der Waals surface area (Å²) in [5, 5.41) is 9.36. The van der Waals surface area contributed by atoms with Crippen LogP contribution in [-0.4, -0.2) is 41.9 Å². The van der Waals surface area contributed by atoms with E-state index in [9.17, 15) is 22.8 Å². The van der Waals surface area contributed by atoms with Crippen LogP contribution in [0.2, 0.25) is 0 Å². The van der Waals surface area contributed by atoms with Crippen molar-refractivity contribution in [3.05, 3.63) is 34.0 Å². The highest BCUT2D eigenvalue weighted by Crippen LogP contribution is 2.38. The summed E-state index contributed by atoms with van der Waals surface area (Å²) in [5.74, 6) is -0.807. The predicted octanol–water partition coefficient (Wildman–Crippen LogP) is 3.25. The van der Waals surface area contributed by atoms with Gasteiger partial charge < -0.3 is 15.4 Å². The first-order valence-corrected chi connectivity index (χ1v) is 10.4. The average molecular weight is 444 g/mol. The number of aromatic nitrogens is 2. The second-order valence-electron chi connectivity index (χ2n) is 6.96. The zero-order valence-electron chi connectivity index (χ0n) is 16.5. The molecule has 30 heavy (non-hydrogen) atoms. The predicted molar refractivity (Wildman–Crippen MR) is 106 cm³/mol. The first-order valence-electron chi connectivity index (χ1n) is 9.61. The Hall–Kier alpha value is -2.40. The molecular weight excluding hydrogens is 421 g/mol. The second-order valence-corrected chi connectivity index (χ2v) is 8.07. The van der Waals surface area contributed by atoms with Gasteiger partial charge in [-0.25, -0.2) is 0 Å². The van der Waals surface area contributed by atoms with Gasteiger partial charge in [0.15, 0.2) is 5.69 Å². The summed E-state index contributed by atoms with van der Waals surface area (Å²) in [5.41, 5.74) is 0.346. The molecule has 2 amide bonds. The Balaban J connectivity index is 1.73. The molecule has 0 aromatic carbocycles. The number of anilines is 1. The molecule has 0 atom stereocenters. The van der Waals surface area contributed by atoms with E-state index in [-0.39, 0.29) is 12.5 Å². The maximum atomic E-state index is 12.8. The zero-order valence-corrected chi connectivity index (χ0v) is 17.3. The van der Waals surface area contributed by atoms with Crippen molar-refractivity contribution < 1.29 is 27.5 Å². The Labute approximate surface area is 175 Å². The van der Waals surface area contributed by atoms with Crippen molar-refractivity contribution in [2.45, 2.75) is 44.8 Å². The van der Waals surface area contributed by atoms with Gasteiger partial charge in [0, 0.05) is 31.3 Å². The second kappa shape index (κ2) is 9.61. The molecule has 2 N–H and O–H groups in total. The highest BCUT2D eigenvalue weighted by molar-refractivity contribution is 7.17. The van der Waals surface area contributed by atoms with Crippen molar-refractivity contribution >= 4 is 28.2 Å². The molecule has 0 unspecified atom stereocenters. The van der Waals surface area contributed by atoms with E-state index in [0.29, 0.717) is 30.1 Å². The number of carbonyl (C=O) groups excluding carboxylic acids is 2. The summed E-state index contributed by atoms with van der Waals surface area (Å²) >= 11 is 1.36. The molecular formula is C19H23F3N4O3S. The fraction of sp³-hybridized carbons (Fsp3) is 0.526. The van der Waals surface area contributed by atoms with Gasteiger partial charge in [-0.15, -0.1) is 11.3 Å². The molecule has 0 radical (unpaired) electrons. The molecule has 1 aliphatic carbocycles. The summed E-state index contributed by atoms with van der Waals surface area (Å²) in [6.07, 6.45) is 0.785. The number of aryl methyl sites for hydroxylation is 1. The minimum atomic E-state index is -4.57. The number of nitrogens with one attached hydrogen (secondary N) is 2. The molecule has 1 aliphatic rings. The average Bonchev–Trinajstić information content (AvgIpc) is 3.29. The van der Waals surface area contributed by atoms with E-state index < -0.39 is 17.8 Å². The lowest BCUT2D eigenvalue weighted by Crippen LogP contribution is -2.28. The van der Waals surface area contributed by atoms with Crippen molar-refractivity contribution in [1.29, 1.82) is 0 Å². The Morgan fingerprint density at radius 3 is 2.77 bits per heavy atom. The van der Waals surface area contributed by atoms with Crippen molar-refractivity contribution in [2.24, 2.45) is 0 Å². The molecule has 0 spiro atoms. The summed E-state index contributed by atoms with van der Waals surface area (Å²) < 4.78 is 43.9. The maximum absolute atomic E-state index is 12.8.